The lowest BCUT2D eigenvalue weighted by atomic mass is 10.3. The second-order valence-corrected chi connectivity index (χ2v) is 9.12. The molecule has 1 aromatic heterocycles. The van der Waals surface area contributed by atoms with Crippen molar-refractivity contribution >= 4 is 58.1 Å². The molecule has 0 radical (unpaired) electrons. The average Bonchev–Trinajstić information content (AvgIpc) is 3.00. The average molecular weight is 404 g/mol. The number of halogens is 1. The Bertz CT molecular complexity index is 696. The molecule has 0 spiro atoms. The third-order valence-electron chi connectivity index (χ3n) is 2.88. The van der Waals surface area contributed by atoms with Gasteiger partial charge in [-0.15, -0.1) is 10.2 Å². The lowest BCUT2D eigenvalue weighted by Gasteiger charge is -2.13. The molecule has 1 heterocycles. The summed E-state index contributed by atoms with van der Waals surface area (Å²) in [6.07, 6.45) is 1.09. The van der Waals surface area contributed by atoms with Gasteiger partial charge in [-0.1, -0.05) is 53.4 Å². The minimum Gasteiger partial charge on any atom is -0.495 e. The number of benzene rings is 1. The van der Waals surface area contributed by atoms with E-state index in [0.717, 1.165) is 20.9 Å². The maximum Gasteiger partial charge on any atom is 0.237 e. The van der Waals surface area contributed by atoms with Crippen LogP contribution in [-0.2, 0) is 4.79 Å². The third kappa shape index (κ3) is 5.54. The number of carbonyl (C=O) groups is 1. The van der Waals surface area contributed by atoms with Gasteiger partial charge in [-0.3, -0.25) is 4.79 Å². The topological polar surface area (TPSA) is 64.1 Å². The monoisotopic (exact) mass is 403 g/mol. The van der Waals surface area contributed by atoms with Gasteiger partial charge in [-0.05, 0) is 31.5 Å². The van der Waals surface area contributed by atoms with Gasteiger partial charge in [-0.25, -0.2) is 0 Å². The summed E-state index contributed by atoms with van der Waals surface area (Å²) in [6, 6.07) is 5.10. The molecule has 2 rings (SSSR count). The Morgan fingerprint density at radius 2 is 2.17 bits per heavy atom. The van der Waals surface area contributed by atoms with Gasteiger partial charge >= 0.3 is 0 Å². The molecular formula is C15H18ClN3O2S3. The highest BCUT2D eigenvalue weighted by Gasteiger charge is 2.19. The van der Waals surface area contributed by atoms with Crippen molar-refractivity contribution in [2.45, 2.75) is 34.2 Å². The van der Waals surface area contributed by atoms with Crippen LogP contribution >= 0.6 is 46.5 Å². The van der Waals surface area contributed by atoms with E-state index >= 15 is 0 Å². The molecule has 1 aromatic carbocycles. The van der Waals surface area contributed by atoms with Crippen LogP contribution in [0.25, 0.3) is 0 Å². The van der Waals surface area contributed by atoms with E-state index in [-0.39, 0.29) is 11.2 Å². The number of hydrogen-bond donors (Lipinski definition) is 1. The van der Waals surface area contributed by atoms with Crippen LogP contribution in [0, 0.1) is 0 Å². The molecule has 1 amide bonds. The molecule has 2 aromatic rings. The van der Waals surface area contributed by atoms with Crippen LogP contribution in [0.2, 0.25) is 5.02 Å². The van der Waals surface area contributed by atoms with E-state index in [1.54, 1.807) is 37.1 Å². The highest BCUT2D eigenvalue weighted by atomic mass is 35.5. The first-order chi connectivity index (χ1) is 11.5. The maximum absolute atomic E-state index is 12.4. The second-order valence-electron chi connectivity index (χ2n) is 4.78. The molecule has 0 aliphatic carbocycles. The van der Waals surface area contributed by atoms with Crippen molar-refractivity contribution in [3.05, 3.63) is 23.2 Å². The number of amides is 1. The summed E-state index contributed by atoms with van der Waals surface area (Å²) in [5, 5.41) is 11.3. The molecule has 0 fully saturated rings. The number of carbonyl (C=O) groups excluding carboxylic acids is 1. The fourth-order valence-electron chi connectivity index (χ4n) is 1.71. The van der Waals surface area contributed by atoms with E-state index in [1.807, 2.05) is 6.92 Å². The zero-order valence-electron chi connectivity index (χ0n) is 13.5. The Hall–Kier alpha value is -0.960. The summed E-state index contributed by atoms with van der Waals surface area (Å²) in [4.78, 5) is 12.4. The van der Waals surface area contributed by atoms with Gasteiger partial charge in [0.2, 0.25) is 5.91 Å². The number of ether oxygens (including phenoxy) is 1. The summed E-state index contributed by atoms with van der Waals surface area (Å²) in [6.45, 7) is 3.96. The molecule has 0 aliphatic heterocycles. The Labute approximate surface area is 158 Å². The molecule has 5 nitrogen and oxygen atoms in total. The number of methoxy groups -OCH3 is 1. The normalized spacial score (nSPS) is 12.0. The lowest BCUT2D eigenvalue weighted by Crippen LogP contribution is -2.22. The van der Waals surface area contributed by atoms with Gasteiger partial charge in [0.1, 0.15) is 5.75 Å². The Morgan fingerprint density at radius 3 is 2.88 bits per heavy atom. The minimum atomic E-state index is -0.314. The van der Waals surface area contributed by atoms with Crippen LogP contribution in [0.1, 0.15) is 20.3 Å². The van der Waals surface area contributed by atoms with Crippen LogP contribution in [0.3, 0.4) is 0 Å². The Morgan fingerprint density at radius 1 is 1.42 bits per heavy atom. The molecule has 130 valence electrons. The first kappa shape index (κ1) is 19.4. The van der Waals surface area contributed by atoms with E-state index in [4.69, 9.17) is 16.3 Å². The number of nitrogens with zero attached hydrogens (tertiary/aromatic N) is 2. The Balaban J connectivity index is 1.97. The number of thioether (sulfide) groups is 2. The van der Waals surface area contributed by atoms with Crippen molar-refractivity contribution < 1.29 is 9.53 Å². The molecule has 1 atom stereocenters. The molecule has 0 unspecified atom stereocenters. The lowest BCUT2D eigenvalue weighted by molar-refractivity contribution is -0.115. The van der Waals surface area contributed by atoms with Crippen molar-refractivity contribution in [1.29, 1.82) is 0 Å². The smallest absolute Gasteiger partial charge is 0.237 e. The summed E-state index contributed by atoms with van der Waals surface area (Å²) >= 11 is 10.6. The van der Waals surface area contributed by atoms with Gasteiger partial charge in [0.05, 0.1) is 18.0 Å². The number of anilines is 1. The molecular weight excluding hydrogens is 386 g/mol. The van der Waals surface area contributed by atoms with E-state index in [0.29, 0.717) is 16.5 Å². The molecule has 0 aliphatic rings. The zero-order valence-corrected chi connectivity index (χ0v) is 16.7. The van der Waals surface area contributed by atoms with Gasteiger partial charge in [-0.2, -0.15) is 0 Å². The van der Waals surface area contributed by atoms with E-state index in [2.05, 4.69) is 22.4 Å². The van der Waals surface area contributed by atoms with E-state index < -0.39 is 0 Å². The van der Waals surface area contributed by atoms with Crippen LogP contribution in [0.5, 0.6) is 5.75 Å². The predicted octanol–water partition coefficient (Wildman–Crippen LogP) is 4.82. The second kappa shape index (κ2) is 9.50. The van der Waals surface area contributed by atoms with E-state index in [9.17, 15) is 4.79 Å². The fourth-order valence-corrected chi connectivity index (χ4v) is 4.97. The zero-order chi connectivity index (χ0) is 17.5. The van der Waals surface area contributed by atoms with Gasteiger partial charge in [0.25, 0.3) is 0 Å². The highest BCUT2D eigenvalue weighted by Crippen LogP contribution is 2.33. The van der Waals surface area contributed by atoms with Crippen molar-refractivity contribution in [3.63, 3.8) is 0 Å². The van der Waals surface area contributed by atoms with Gasteiger partial charge in [0, 0.05) is 10.8 Å². The maximum atomic E-state index is 12.4. The molecule has 0 bridgehead atoms. The van der Waals surface area contributed by atoms with Crippen LogP contribution in [0.15, 0.2) is 26.9 Å². The Kier molecular flexibility index (Phi) is 7.67. The van der Waals surface area contributed by atoms with Crippen molar-refractivity contribution in [1.82, 2.24) is 10.2 Å². The number of aromatic nitrogens is 2. The SMILES string of the molecule is CCCSc1nnc(S[C@@H](C)C(=O)Nc2cc(Cl)ccc2OC)s1. The minimum absolute atomic E-state index is 0.140. The molecule has 24 heavy (non-hydrogen) atoms. The van der Waals surface area contributed by atoms with Crippen molar-refractivity contribution in [3.8, 4) is 5.75 Å². The quantitative estimate of drug-likeness (QED) is 0.637. The summed E-state index contributed by atoms with van der Waals surface area (Å²) in [7, 11) is 1.55. The molecule has 1 N–H and O–H groups in total. The van der Waals surface area contributed by atoms with Gasteiger partial charge < -0.3 is 10.1 Å². The number of hydrogen-bond acceptors (Lipinski definition) is 7. The molecule has 9 heteroatoms. The third-order valence-corrected chi connectivity index (χ3v) is 6.57. The standard InChI is InChI=1S/C15H18ClN3O2S3/c1-4-7-22-14-18-19-15(24-14)23-9(2)13(20)17-11-8-10(16)5-6-12(11)21-3/h5-6,8-9H,4,7H2,1-3H3,(H,17,20)/t9-/m0/s1. The largest absolute Gasteiger partial charge is 0.495 e. The summed E-state index contributed by atoms with van der Waals surface area (Å²) < 4.78 is 6.96. The predicted molar refractivity (Wildman–Crippen MR) is 103 cm³/mol. The number of nitrogens with one attached hydrogen (secondary N) is 1. The van der Waals surface area contributed by atoms with Crippen LogP contribution < -0.4 is 10.1 Å². The first-order valence-corrected chi connectivity index (χ1v) is 10.4. The van der Waals surface area contributed by atoms with Crippen molar-refractivity contribution in [2.24, 2.45) is 0 Å². The first-order valence-electron chi connectivity index (χ1n) is 7.30. The fraction of sp³-hybridized carbons (Fsp3) is 0.400. The van der Waals surface area contributed by atoms with Crippen LogP contribution in [0.4, 0.5) is 5.69 Å². The van der Waals surface area contributed by atoms with Crippen LogP contribution in [-0.4, -0.2) is 34.2 Å². The highest BCUT2D eigenvalue weighted by molar-refractivity contribution is 8.03. The summed E-state index contributed by atoms with van der Waals surface area (Å²) in [5.74, 6) is 1.45. The van der Waals surface area contributed by atoms with Crippen molar-refractivity contribution in [2.75, 3.05) is 18.2 Å². The number of rotatable bonds is 8. The molecule has 0 saturated heterocycles. The summed E-state index contributed by atoms with van der Waals surface area (Å²) in [5.41, 5.74) is 0.555. The van der Waals surface area contributed by atoms with E-state index in [1.165, 1.54) is 23.1 Å². The molecule has 0 saturated carbocycles. The van der Waals surface area contributed by atoms with Gasteiger partial charge in [0.15, 0.2) is 8.68 Å².